The lowest BCUT2D eigenvalue weighted by Gasteiger charge is -2.27. The number of β-amino-alcohol motifs (C(OH)–C–C–N with tert-alkyl or cyclic N) is 1. The zero-order valence-electron chi connectivity index (χ0n) is 15.7. The number of nitrogens with zero attached hydrogens (tertiary/aromatic N) is 2. The molecule has 1 aliphatic heterocycles. The number of rotatable bonds is 5. The van der Waals surface area contributed by atoms with Crippen LogP contribution in [0.5, 0.6) is 5.75 Å². The quantitative estimate of drug-likeness (QED) is 0.685. The Kier molecular flexibility index (Phi) is 6.23. The summed E-state index contributed by atoms with van der Waals surface area (Å²) >= 11 is 5.80. The lowest BCUT2D eigenvalue weighted by atomic mass is 10.0. The Bertz CT molecular complexity index is 1120. The van der Waals surface area contributed by atoms with Gasteiger partial charge in [-0.25, -0.2) is 8.42 Å². The molecule has 1 unspecified atom stereocenters. The third-order valence-corrected chi connectivity index (χ3v) is 6.94. The number of ether oxygens (including phenoxy) is 1. The highest BCUT2D eigenvalue weighted by Gasteiger charge is 2.51. The van der Waals surface area contributed by atoms with Crippen LogP contribution in [0.2, 0.25) is 5.02 Å². The molecular formula is C19H16ClF3N2O5S. The van der Waals surface area contributed by atoms with E-state index in [0.29, 0.717) is 0 Å². The molecule has 0 saturated carbocycles. The minimum absolute atomic E-state index is 0.0478. The summed E-state index contributed by atoms with van der Waals surface area (Å²) < 4.78 is 70.6. The molecule has 0 amide bonds. The van der Waals surface area contributed by atoms with Crippen molar-refractivity contribution >= 4 is 21.6 Å². The van der Waals surface area contributed by atoms with E-state index in [0.717, 1.165) is 34.6 Å². The number of benzene rings is 2. The van der Waals surface area contributed by atoms with E-state index in [1.807, 2.05) is 0 Å². The van der Waals surface area contributed by atoms with Gasteiger partial charge in [-0.2, -0.15) is 22.7 Å². The topological polar surface area (TPSA) is 111 Å². The van der Waals surface area contributed by atoms with Gasteiger partial charge < -0.3 is 14.9 Å². The van der Waals surface area contributed by atoms with Gasteiger partial charge in [0.15, 0.2) is 0 Å². The number of sulfonamides is 1. The molecule has 1 fully saturated rings. The summed E-state index contributed by atoms with van der Waals surface area (Å²) in [6, 6.07) is 8.99. The molecular weight excluding hydrogens is 461 g/mol. The SMILES string of the molecule is N#Cc1cc(Cl)ccc1S(=O)(=O)N1CC(Oc2ccc(C(F)(F)F)cc2)[C@](O)(CO)C1. The zero-order chi connectivity index (χ0) is 23.0. The highest BCUT2D eigenvalue weighted by Crippen LogP contribution is 2.34. The Balaban J connectivity index is 1.88. The van der Waals surface area contributed by atoms with Crippen LogP contribution in [0.3, 0.4) is 0 Å². The third kappa shape index (κ3) is 4.63. The van der Waals surface area contributed by atoms with Crippen molar-refractivity contribution in [2.45, 2.75) is 22.8 Å². The van der Waals surface area contributed by atoms with Crippen molar-refractivity contribution in [3.8, 4) is 11.8 Å². The third-order valence-electron chi connectivity index (χ3n) is 4.83. The van der Waals surface area contributed by atoms with Gasteiger partial charge >= 0.3 is 6.18 Å². The van der Waals surface area contributed by atoms with Crippen LogP contribution in [0.15, 0.2) is 47.4 Å². The van der Waals surface area contributed by atoms with E-state index >= 15 is 0 Å². The Hall–Kier alpha value is -2.36. The molecule has 0 aromatic heterocycles. The fourth-order valence-corrected chi connectivity index (χ4v) is 4.95. The van der Waals surface area contributed by atoms with Crippen LogP contribution in [0.1, 0.15) is 11.1 Å². The summed E-state index contributed by atoms with van der Waals surface area (Å²) in [5.41, 5.74) is -3.12. The first-order chi connectivity index (χ1) is 14.4. The first-order valence-electron chi connectivity index (χ1n) is 8.78. The Morgan fingerprint density at radius 3 is 2.45 bits per heavy atom. The van der Waals surface area contributed by atoms with E-state index in [2.05, 4.69) is 0 Å². The number of nitriles is 1. The standard InChI is InChI=1S/C19H16ClF3N2O5S/c20-14-3-6-16(12(7-14)8-24)31(28,29)25-9-17(18(27,10-25)11-26)30-15-4-1-13(2-5-15)19(21,22)23/h1-7,17,26-27H,9-11H2/t17?,18-/m1/s1. The van der Waals surface area contributed by atoms with Gasteiger partial charge in [-0.05, 0) is 42.5 Å². The van der Waals surface area contributed by atoms with Crippen molar-refractivity contribution in [3.63, 3.8) is 0 Å². The lowest BCUT2D eigenvalue weighted by molar-refractivity contribution is -0.137. The normalized spacial score (nSPS) is 22.3. The molecule has 2 aromatic rings. The Morgan fingerprint density at radius 2 is 1.90 bits per heavy atom. The van der Waals surface area contributed by atoms with Gasteiger partial charge in [-0.15, -0.1) is 0 Å². The zero-order valence-corrected chi connectivity index (χ0v) is 17.2. The average Bonchev–Trinajstić information content (AvgIpc) is 3.05. The monoisotopic (exact) mass is 476 g/mol. The summed E-state index contributed by atoms with van der Waals surface area (Å²) in [5.74, 6) is -0.0478. The maximum absolute atomic E-state index is 13.0. The van der Waals surface area contributed by atoms with Crippen molar-refractivity contribution in [2.24, 2.45) is 0 Å². The van der Waals surface area contributed by atoms with Crippen molar-refractivity contribution in [2.75, 3.05) is 19.7 Å². The average molecular weight is 477 g/mol. The Labute approximate surface area is 180 Å². The van der Waals surface area contributed by atoms with Crippen molar-refractivity contribution in [1.82, 2.24) is 4.31 Å². The minimum atomic E-state index is -4.54. The number of hydrogen-bond donors (Lipinski definition) is 2. The molecule has 166 valence electrons. The Morgan fingerprint density at radius 1 is 1.26 bits per heavy atom. The molecule has 2 atom stereocenters. The molecule has 31 heavy (non-hydrogen) atoms. The number of aliphatic hydroxyl groups excluding tert-OH is 1. The lowest BCUT2D eigenvalue weighted by Crippen LogP contribution is -2.48. The molecule has 7 nitrogen and oxygen atoms in total. The van der Waals surface area contributed by atoms with E-state index in [-0.39, 0.29) is 21.2 Å². The molecule has 0 aliphatic carbocycles. The van der Waals surface area contributed by atoms with Gasteiger partial charge in [0.2, 0.25) is 10.0 Å². The first kappa shape index (κ1) is 23.3. The van der Waals surface area contributed by atoms with Crippen molar-refractivity contribution < 1.29 is 36.5 Å². The van der Waals surface area contributed by atoms with Gasteiger partial charge in [0, 0.05) is 11.6 Å². The van der Waals surface area contributed by atoms with Crippen molar-refractivity contribution in [3.05, 3.63) is 58.6 Å². The van der Waals surface area contributed by atoms with E-state index in [1.165, 1.54) is 12.1 Å². The second-order valence-corrected chi connectivity index (χ2v) is 9.28. The largest absolute Gasteiger partial charge is 0.486 e. The van der Waals surface area contributed by atoms with Crippen LogP contribution < -0.4 is 4.74 Å². The van der Waals surface area contributed by atoms with Crippen LogP contribution in [0, 0.1) is 11.3 Å². The number of hydrogen-bond acceptors (Lipinski definition) is 6. The summed E-state index contributed by atoms with van der Waals surface area (Å²) in [6.07, 6.45) is -5.82. The molecule has 12 heteroatoms. The predicted octanol–water partition coefficient (Wildman–Crippen LogP) is 2.41. The van der Waals surface area contributed by atoms with Crippen molar-refractivity contribution in [1.29, 1.82) is 5.26 Å². The smallest absolute Gasteiger partial charge is 0.416 e. The van der Waals surface area contributed by atoms with Crippen LogP contribution >= 0.6 is 11.6 Å². The minimum Gasteiger partial charge on any atom is -0.486 e. The highest BCUT2D eigenvalue weighted by atomic mass is 35.5. The number of alkyl halides is 3. The van der Waals surface area contributed by atoms with Gasteiger partial charge in [-0.3, -0.25) is 0 Å². The second kappa shape index (κ2) is 8.29. The van der Waals surface area contributed by atoms with E-state index in [4.69, 9.17) is 16.3 Å². The highest BCUT2D eigenvalue weighted by molar-refractivity contribution is 7.89. The number of halogens is 4. The fourth-order valence-electron chi connectivity index (χ4n) is 3.15. The van der Waals surface area contributed by atoms with Crippen LogP contribution in [-0.4, -0.2) is 54.3 Å². The van der Waals surface area contributed by atoms with Crippen LogP contribution in [0.4, 0.5) is 13.2 Å². The molecule has 1 saturated heterocycles. The molecule has 2 aromatic carbocycles. The summed E-state index contributed by atoms with van der Waals surface area (Å²) in [6.45, 7) is -1.82. The molecule has 3 rings (SSSR count). The maximum Gasteiger partial charge on any atom is 0.416 e. The summed E-state index contributed by atoms with van der Waals surface area (Å²) in [5, 5.41) is 29.8. The first-order valence-corrected chi connectivity index (χ1v) is 10.6. The van der Waals surface area contributed by atoms with E-state index < -0.39 is 53.2 Å². The second-order valence-electron chi connectivity index (χ2n) is 6.94. The predicted molar refractivity (Wildman–Crippen MR) is 103 cm³/mol. The molecule has 0 bridgehead atoms. The molecule has 1 aliphatic rings. The summed E-state index contributed by atoms with van der Waals surface area (Å²) in [7, 11) is -4.28. The maximum atomic E-state index is 13.0. The molecule has 0 spiro atoms. The molecule has 0 radical (unpaired) electrons. The van der Waals surface area contributed by atoms with Gasteiger partial charge in [-0.1, -0.05) is 11.6 Å². The van der Waals surface area contributed by atoms with E-state index in [1.54, 1.807) is 6.07 Å². The number of aliphatic hydroxyl groups is 2. The van der Waals surface area contributed by atoms with Gasteiger partial charge in [0.25, 0.3) is 0 Å². The fraction of sp³-hybridized carbons (Fsp3) is 0.316. The molecule has 1 heterocycles. The van der Waals surface area contributed by atoms with Gasteiger partial charge in [0.1, 0.15) is 28.4 Å². The van der Waals surface area contributed by atoms with Gasteiger partial charge in [0.05, 0.1) is 24.3 Å². The van der Waals surface area contributed by atoms with E-state index in [9.17, 15) is 37.1 Å². The molecule has 2 N–H and O–H groups in total. The van der Waals surface area contributed by atoms with Crippen LogP contribution in [0.25, 0.3) is 0 Å². The van der Waals surface area contributed by atoms with Crippen LogP contribution in [-0.2, 0) is 16.2 Å². The summed E-state index contributed by atoms with van der Waals surface area (Å²) in [4.78, 5) is -0.338.